The van der Waals surface area contributed by atoms with E-state index in [1.165, 1.54) is 14.0 Å². The summed E-state index contributed by atoms with van der Waals surface area (Å²) in [6.07, 6.45) is 3.50. The molecule has 0 aliphatic carbocycles. The number of rotatable bonds is 5. The molecule has 1 unspecified atom stereocenters. The number of hydrogen-bond acceptors (Lipinski definition) is 7. The molecule has 0 amide bonds. The molecule has 7 heteroatoms. The van der Waals surface area contributed by atoms with Crippen LogP contribution in [0.5, 0.6) is 0 Å². The summed E-state index contributed by atoms with van der Waals surface area (Å²) >= 11 is 0. The van der Waals surface area contributed by atoms with Crippen LogP contribution in [0.4, 0.5) is 0 Å². The van der Waals surface area contributed by atoms with Gasteiger partial charge in [-0.05, 0) is 0 Å². The average molecular weight is 328 g/mol. The Morgan fingerprint density at radius 3 is 1.78 bits per heavy atom. The number of methoxy groups -OCH3 is 1. The SMILES string of the molecule is C=C.C=CC(=O)OC.C=CC(=O)OCC1CO1.C=COC(C)=O. The van der Waals surface area contributed by atoms with E-state index in [9.17, 15) is 14.4 Å². The molecule has 0 bridgehead atoms. The first-order valence-corrected chi connectivity index (χ1v) is 6.30. The Bertz CT molecular complexity index is 384. The molecule has 0 radical (unpaired) electrons. The lowest BCUT2D eigenvalue weighted by Crippen LogP contribution is -2.06. The Morgan fingerprint density at radius 2 is 1.61 bits per heavy atom. The van der Waals surface area contributed by atoms with E-state index in [0.717, 1.165) is 18.4 Å². The average Bonchev–Trinajstić information content (AvgIpc) is 3.39. The van der Waals surface area contributed by atoms with E-state index >= 15 is 0 Å². The minimum Gasteiger partial charge on any atom is -0.466 e. The predicted octanol–water partition coefficient (Wildman–Crippen LogP) is 1.95. The van der Waals surface area contributed by atoms with Crippen molar-refractivity contribution in [2.45, 2.75) is 13.0 Å². The molecule has 130 valence electrons. The fourth-order valence-electron chi connectivity index (χ4n) is 0.599. The fraction of sp³-hybridized carbons (Fsp3) is 0.312. The number of carbonyl (C=O) groups excluding carboxylic acids is 3. The highest BCUT2D eigenvalue weighted by atomic mass is 16.6. The van der Waals surface area contributed by atoms with Crippen molar-refractivity contribution in [3.05, 3.63) is 51.3 Å². The molecule has 1 heterocycles. The summed E-state index contributed by atoms with van der Waals surface area (Å²) in [5.41, 5.74) is 0. The second-order valence-corrected chi connectivity index (χ2v) is 3.29. The van der Waals surface area contributed by atoms with Gasteiger partial charge in [0, 0.05) is 19.1 Å². The molecule has 0 aromatic heterocycles. The Labute approximate surface area is 136 Å². The second kappa shape index (κ2) is 19.3. The summed E-state index contributed by atoms with van der Waals surface area (Å²) in [4.78, 5) is 29.9. The normalized spacial score (nSPS) is 12.7. The van der Waals surface area contributed by atoms with Crippen LogP contribution >= 0.6 is 0 Å². The summed E-state index contributed by atoms with van der Waals surface area (Å²) in [6, 6.07) is 0. The van der Waals surface area contributed by atoms with Gasteiger partial charge in [-0.1, -0.05) is 19.7 Å². The van der Waals surface area contributed by atoms with Crippen molar-refractivity contribution in [3.8, 4) is 0 Å². The van der Waals surface area contributed by atoms with Crippen LogP contribution < -0.4 is 0 Å². The van der Waals surface area contributed by atoms with Gasteiger partial charge in [-0.3, -0.25) is 4.79 Å². The monoisotopic (exact) mass is 328 g/mol. The van der Waals surface area contributed by atoms with Crippen LogP contribution in [0.25, 0.3) is 0 Å². The van der Waals surface area contributed by atoms with Gasteiger partial charge in [0.25, 0.3) is 0 Å². The molecule has 1 aliphatic rings. The van der Waals surface area contributed by atoms with Gasteiger partial charge in [0.1, 0.15) is 12.7 Å². The van der Waals surface area contributed by atoms with E-state index in [2.05, 4.69) is 47.1 Å². The van der Waals surface area contributed by atoms with Gasteiger partial charge in [0.15, 0.2) is 0 Å². The Balaban J connectivity index is -0.000000256. The molecule has 7 nitrogen and oxygen atoms in total. The van der Waals surface area contributed by atoms with Crippen molar-refractivity contribution >= 4 is 17.9 Å². The van der Waals surface area contributed by atoms with E-state index in [0.29, 0.717) is 13.2 Å². The third-order valence-electron chi connectivity index (χ3n) is 1.60. The third-order valence-corrected chi connectivity index (χ3v) is 1.60. The largest absolute Gasteiger partial charge is 0.466 e. The van der Waals surface area contributed by atoms with Gasteiger partial charge in [-0.25, -0.2) is 9.59 Å². The second-order valence-electron chi connectivity index (χ2n) is 3.29. The third kappa shape index (κ3) is 28.3. The molecule has 0 saturated carbocycles. The minimum atomic E-state index is -0.394. The standard InChI is InChI=1S/C6H8O3.2C4H6O2.C2H4/c1-2-6(7)9-4-5-3-8-5;1-3-4(5)6-2;1-3-6-4(2)5;1-2/h2,5H,1,3-4H2;2*3H,1H2,2H3;1-2H2. The van der Waals surface area contributed by atoms with Gasteiger partial charge in [0.2, 0.25) is 0 Å². The number of epoxide rings is 1. The van der Waals surface area contributed by atoms with Crippen molar-refractivity contribution in [1.29, 1.82) is 0 Å². The highest BCUT2D eigenvalue weighted by Crippen LogP contribution is 2.08. The van der Waals surface area contributed by atoms with Crippen LogP contribution in [0.3, 0.4) is 0 Å². The van der Waals surface area contributed by atoms with Gasteiger partial charge in [0.05, 0.1) is 20.0 Å². The van der Waals surface area contributed by atoms with Crippen LogP contribution in [-0.4, -0.2) is 44.3 Å². The smallest absolute Gasteiger partial charge is 0.330 e. The topological polar surface area (TPSA) is 91.4 Å². The predicted molar refractivity (Wildman–Crippen MR) is 86.3 cm³/mol. The molecule has 23 heavy (non-hydrogen) atoms. The van der Waals surface area contributed by atoms with Crippen molar-refractivity contribution in [1.82, 2.24) is 0 Å². The first kappa shape index (κ1) is 25.3. The Hall–Kier alpha value is -2.67. The van der Waals surface area contributed by atoms with E-state index in [4.69, 9.17) is 4.74 Å². The molecule has 0 spiro atoms. The zero-order valence-corrected chi connectivity index (χ0v) is 13.6. The summed E-state index contributed by atoms with van der Waals surface area (Å²) in [7, 11) is 1.31. The Kier molecular flexibility index (Phi) is 21.3. The lowest BCUT2D eigenvalue weighted by atomic mass is 10.5. The lowest BCUT2D eigenvalue weighted by Gasteiger charge is -1.94. The molecule has 1 fully saturated rings. The number of ether oxygens (including phenoxy) is 4. The first-order valence-electron chi connectivity index (χ1n) is 6.30. The molecular formula is C16H24O7. The maximum atomic E-state index is 10.3. The van der Waals surface area contributed by atoms with Crippen molar-refractivity contribution in [2.75, 3.05) is 20.3 Å². The van der Waals surface area contributed by atoms with E-state index < -0.39 is 5.97 Å². The molecular weight excluding hydrogens is 304 g/mol. The molecule has 1 saturated heterocycles. The lowest BCUT2D eigenvalue weighted by molar-refractivity contribution is -0.138. The first-order chi connectivity index (χ1) is 10.9. The van der Waals surface area contributed by atoms with Crippen LogP contribution in [-0.2, 0) is 33.3 Å². The molecule has 1 rings (SSSR count). The maximum absolute atomic E-state index is 10.3. The summed E-state index contributed by atoms with van der Waals surface area (Å²) in [6.45, 7) is 18.0. The minimum absolute atomic E-state index is 0.147. The molecule has 1 aliphatic heterocycles. The summed E-state index contributed by atoms with van der Waals surface area (Å²) in [5, 5.41) is 0. The Morgan fingerprint density at radius 1 is 1.13 bits per heavy atom. The summed E-state index contributed by atoms with van der Waals surface area (Å²) < 4.78 is 17.7. The van der Waals surface area contributed by atoms with E-state index in [1.54, 1.807) is 0 Å². The van der Waals surface area contributed by atoms with Gasteiger partial charge in [-0.15, -0.1) is 13.2 Å². The van der Waals surface area contributed by atoms with Gasteiger partial charge >= 0.3 is 17.9 Å². The number of carbonyl (C=O) groups is 3. The van der Waals surface area contributed by atoms with Crippen LogP contribution in [0, 0.1) is 0 Å². The van der Waals surface area contributed by atoms with Crippen molar-refractivity contribution < 1.29 is 33.3 Å². The molecule has 0 aromatic rings. The molecule has 0 aromatic carbocycles. The van der Waals surface area contributed by atoms with Crippen LogP contribution in [0.1, 0.15) is 6.92 Å². The zero-order chi connectivity index (χ0) is 18.7. The molecule has 1 atom stereocenters. The van der Waals surface area contributed by atoms with E-state index in [1.807, 2.05) is 0 Å². The highest BCUT2D eigenvalue weighted by molar-refractivity contribution is 5.81. The highest BCUT2D eigenvalue weighted by Gasteiger charge is 2.23. The quantitative estimate of drug-likeness (QED) is 0.190. The van der Waals surface area contributed by atoms with Crippen molar-refractivity contribution in [2.24, 2.45) is 0 Å². The molecule has 0 N–H and O–H groups in total. The van der Waals surface area contributed by atoms with Crippen LogP contribution in [0.2, 0.25) is 0 Å². The number of esters is 3. The van der Waals surface area contributed by atoms with Crippen LogP contribution in [0.15, 0.2) is 51.3 Å². The van der Waals surface area contributed by atoms with Crippen molar-refractivity contribution in [3.63, 3.8) is 0 Å². The zero-order valence-electron chi connectivity index (χ0n) is 13.6. The van der Waals surface area contributed by atoms with E-state index in [-0.39, 0.29) is 18.0 Å². The van der Waals surface area contributed by atoms with Gasteiger partial charge in [-0.2, -0.15) is 0 Å². The summed E-state index contributed by atoms with van der Waals surface area (Å²) in [5.74, 6) is -1.11. The maximum Gasteiger partial charge on any atom is 0.330 e. The van der Waals surface area contributed by atoms with Gasteiger partial charge < -0.3 is 18.9 Å². The fourth-order valence-corrected chi connectivity index (χ4v) is 0.599. The number of hydrogen-bond donors (Lipinski definition) is 0.